The predicted molar refractivity (Wildman–Crippen MR) is 101 cm³/mol. The Hall–Kier alpha value is -1.40. The normalized spacial score (nSPS) is 27.5. The van der Waals surface area contributed by atoms with Gasteiger partial charge in [-0.1, -0.05) is 6.07 Å². The SMILES string of the molecule is O=C(C1CCOCC1)N1CC[C@@H]2[C@@H](CCC(=O)N2CCc2cccs2)C1. The van der Waals surface area contributed by atoms with Gasteiger partial charge in [0.1, 0.15) is 0 Å². The second-order valence-corrected chi connectivity index (χ2v) is 8.77. The molecule has 142 valence electrons. The molecule has 2 amide bonds. The Morgan fingerprint density at radius 2 is 2.08 bits per heavy atom. The lowest BCUT2D eigenvalue weighted by molar-refractivity contribution is -0.147. The van der Waals surface area contributed by atoms with Crippen LogP contribution >= 0.6 is 11.3 Å². The van der Waals surface area contributed by atoms with Gasteiger partial charge >= 0.3 is 0 Å². The highest BCUT2D eigenvalue weighted by molar-refractivity contribution is 7.09. The van der Waals surface area contributed by atoms with Gasteiger partial charge < -0.3 is 14.5 Å². The summed E-state index contributed by atoms with van der Waals surface area (Å²) in [7, 11) is 0. The number of hydrogen-bond donors (Lipinski definition) is 0. The second kappa shape index (κ2) is 8.09. The summed E-state index contributed by atoms with van der Waals surface area (Å²) < 4.78 is 5.39. The van der Waals surface area contributed by atoms with Crippen LogP contribution in [-0.2, 0) is 20.7 Å². The Labute approximate surface area is 159 Å². The molecule has 3 saturated heterocycles. The molecule has 1 aromatic rings. The molecule has 3 fully saturated rings. The first-order valence-corrected chi connectivity index (χ1v) is 10.8. The van der Waals surface area contributed by atoms with E-state index in [0.717, 1.165) is 51.7 Å². The van der Waals surface area contributed by atoms with Gasteiger partial charge in [0.15, 0.2) is 0 Å². The van der Waals surface area contributed by atoms with Gasteiger partial charge in [-0.25, -0.2) is 0 Å². The van der Waals surface area contributed by atoms with Crippen molar-refractivity contribution in [3.8, 4) is 0 Å². The third-order valence-corrected chi connectivity index (χ3v) is 7.14. The fraction of sp³-hybridized carbons (Fsp3) is 0.700. The quantitative estimate of drug-likeness (QED) is 0.811. The first-order chi connectivity index (χ1) is 12.7. The maximum Gasteiger partial charge on any atom is 0.225 e. The molecule has 0 aliphatic carbocycles. The van der Waals surface area contributed by atoms with Gasteiger partial charge in [0, 0.05) is 56.1 Å². The molecular weight excluding hydrogens is 348 g/mol. The lowest BCUT2D eigenvalue weighted by Crippen LogP contribution is -2.58. The molecule has 0 aromatic carbocycles. The molecule has 0 N–H and O–H groups in total. The van der Waals surface area contributed by atoms with Crippen molar-refractivity contribution >= 4 is 23.2 Å². The highest BCUT2D eigenvalue weighted by atomic mass is 32.1. The summed E-state index contributed by atoms with van der Waals surface area (Å²) in [4.78, 5) is 30.9. The van der Waals surface area contributed by atoms with Crippen molar-refractivity contribution in [2.24, 2.45) is 11.8 Å². The van der Waals surface area contributed by atoms with Crippen LogP contribution in [0.15, 0.2) is 17.5 Å². The molecule has 5 nitrogen and oxygen atoms in total. The van der Waals surface area contributed by atoms with Gasteiger partial charge in [-0.05, 0) is 49.5 Å². The van der Waals surface area contributed by atoms with Crippen molar-refractivity contribution in [2.45, 2.75) is 44.6 Å². The number of thiophene rings is 1. The van der Waals surface area contributed by atoms with Gasteiger partial charge in [0.2, 0.25) is 11.8 Å². The van der Waals surface area contributed by atoms with Crippen LogP contribution in [0.1, 0.15) is 37.0 Å². The van der Waals surface area contributed by atoms with Gasteiger partial charge in [0.05, 0.1) is 0 Å². The molecule has 2 atom stereocenters. The van der Waals surface area contributed by atoms with E-state index in [-0.39, 0.29) is 5.92 Å². The first kappa shape index (κ1) is 18.0. The fourth-order valence-corrected chi connectivity index (χ4v) is 5.43. The minimum absolute atomic E-state index is 0.139. The smallest absolute Gasteiger partial charge is 0.225 e. The maximum absolute atomic E-state index is 12.8. The summed E-state index contributed by atoms with van der Waals surface area (Å²) >= 11 is 1.76. The molecule has 1 aromatic heterocycles. The van der Waals surface area contributed by atoms with Crippen molar-refractivity contribution in [1.29, 1.82) is 0 Å². The fourth-order valence-electron chi connectivity index (χ4n) is 4.73. The van der Waals surface area contributed by atoms with E-state index in [4.69, 9.17) is 4.74 Å². The van der Waals surface area contributed by atoms with Crippen LogP contribution in [0.5, 0.6) is 0 Å². The lowest BCUT2D eigenvalue weighted by atomic mass is 9.82. The molecule has 4 heterocycles. The number of carbonyl (C=O) groups is 2. The molecular formula is C20H28N2O3S. The van der Waals surface area contributed by atoms with Crippen molar-refractivity contribution in [1.82, 2.24) is 9.80 Å². The van der Waals surface area contributed by atoms with E-state index in [1.807, 2.05) is 0 Å². The Kier molecular flexibility index (Phi) is 5.60. The molecule has 4 rings (SSSR count). The van der Waals surface area contributed by atoms with Crippen LogP contribution in [0.3, 0.4) is 0 Å². The summed E-state index contributed by atoms with van der Waals surface area (Å²) in [5.74, 6) is 1.19. The average Bonchev–Trinajstić information content (AvgIpc) is 3.20. The van der Waals surface area contributed by atoms with Crippen LogP contribution in [-0.4, -0.2) is 60.5 Å². The molecule has 0 radical (unpaired) electrons. The number of rotatable bonds is 4. The molecule has 0 spiro atoms. The van der Waals surface area contributed by atoms with Crippen molar-refractivity contribution in [3.05, 3.63) is 22.4 Å². The van der Waals surface area contributed by atoms with Crippen LogP contribution in [0.25, 0.3) is 0 Å². The monoisotopic (exact) mass is 376 g/mol. The highest BCUT2D eigenvalue weighted by Crippen LogP contribution is 2.33. The zero-order chi connectivity index (χ0) is 17.9. The number of fused-ring (bicyclic) bond motifs is 1. The molecule has 0 saturated carbocycles. The molecule has 3 aliphatic heterocycles. The molecule has 26 heavy (non-hydrogen) atoms. The van der Waals surface area contributed by atoms with E-state index in [2.05, 4.69) is 27.3 Å². The Bertz CT molecular complexity index is 627. The summed E-state index contributed by atoms with van der Waals surface area (Å²) in [6, 6.07) is 4.53. The van der Waals surface area contributed by atoms with Crippen molar-refractivity contribution in [2.75, 3.05) is 32.8 Å². The zero-order valence-electron chi connectivity index (χ0n) is 15.3. The second-order valence-electron chi connectivity index (χ2n) is 7.74. The third-order valence-electron chi connectivity index (χ3n) is 6.20. The standard InChI is InChI=1S/C20H28N2O3S/c23-19-4-3-16-14-21(20(24)15-7-11-25-12-8-15)9-6-18(16)22(19)10-5-17-2-1-13-26-17/h1-2,13,15-16,18H,3-12,14H2/t16-,18+/m0/s1. The van der Waals surface area contributed by atoms with E-state index in [0.29, 0.717) is 43.4 Å². The highest BCUT2D eigenvalue weighted by Gasteiger charge is 2.41. The van der Waals surface area contributed by atoms with Crippen molar-refractivity contribution in [3.63, 3.8) is 0 Å². The van der Waals surface area contributed by atoms with Gasteiger partial charge in [-0.15, -0.1) is 11.3 Å². The van der Waals surface area contributed by atoms with Crippen molar-refractivity contribution < 1.29 is 14.3 Å². The van der Waals surface area contributed by atoms with Crippen LogP contribution in [0.2, 0.25) is 0 Å². The van der Waals surface area contributed by atoms with E-state index < -0.39 is 0 Å². The number of likely N-dealkylation sites (tertiary alicyclic amines) is 2. The number of piperidine rings is 2. The average molecular weight is 377 g/mol. The Morgan fingerprint density at radius 1 is 1.23 bits per heavy atom. The molecule has 3 aliphatic rings. The lowest BCUT2D eigenvalue weighted by Gasteiger charge is -2.47. The summed E-state index contributed by atoms with van der Waals surface area (Å²) in [5.41, 5.74) is 0. The summed E-state index contributed by atoms with van der Waals surface area (Å²) in [6.45, 7) is 3.85. The number of carbonyl (C=O) groups excluding carboxylic acids is 2. The molecule has 6 heteroatoms. The Balaban J connectivity index is 1.37. The molecule has 0 bridgehead atoms. The topological polar surface area (TPSA) is 49.9 Å². The van der Waals surface area contributed by atoms with E-state index >= 15 is 0 Å². The summed E-state index contributed by atoms with van der Waals surface area (Å²) in [5, 5.41) is 2.09. The van der Waals surface area contributed by atoms with Crippen LogP contribution in [0, 0.1) is 11.8 Å². The van der Waals surface area contributed by atoms with E-state index in [1.54, 1.807) is 11.3 Å². The predicted octanol–water partition coefficient (Wildman–Crippen LogP) is 2.56. The number of hydrogen-bond acceptors (Lipinski definition) is 4. The molecule has 0 unspecified atom stereocenters. The van der Waals surface area contributed by atoms with Crippen LogP contribution < -0.4 is 0 Å². The van der Waals surface area contributed by atoms with Crippen LogP contribution in [0.4, 0.5) is 0 Å². The number of nitrogens with zero attached hydrogens (tertiary/aromatic N) is 2. The maximum atomic E-state index is 12.8. The van der Waals surface area contributed by atoms with Gasteiger partial charge in [-0.2, -0.15) is 0 Å². The minimum Gasteiger partial charge on any atom is -0.381 e. The van der Waals surface area contributed by atoms with Gasteiger partial charge in [-0.3, -0.25) is 9.59 Å². The number of amides is 2. The largest absolute Gasteiger partial charge is 0.381 e. The van der Waals surface area contributed by atoms with Gasteiger partial charge in [0.25, 0.3) is 0 Å². The minimum atomic E-state index is 0.139. The van der Waals surface area contributed by atoms with E-state index in [9.17, 15) is 9.59 Å². The first-order valence-electron chi connectivity index (χ1n) is 9.91. The summed E-state index contributed by atoms with van der Waals surface area (Å²) in [6.07, 6.45) is 5.14. The zero-order valence-corrected chi connectivity index (χ0v) is 16.1. The van der Waals surface area contributed by atoms with E-state index in [1.165, 1.54) is 4.88 Å². The number of ether oxygens (including phenoxy) is 1. The third kappa shape index (κ3) is 3.81. The Morgan fingerprint density at radius 3 is 2.85 bits per heavy atom.